The molecule has 3 aromatic rings. The number of aryl methyl sites for hydroxylation is 1. The molecule has 0 aliphatic carbocycles. The van der Waals surface area contributed by atoms with Crippen LogP contribution in [-0.4, -0.2) is 36.4 Å². The fraction of sp³-hybridized carbons (Fsp3) is 0.194. The van der Waals surface area contributed by atoms with Crippen molar-refractivity contribution >= 4 is 45.5 Å². The number of nitrogens with one attached hydrogen (secondary N) is 2. The van der Waals surface area contributed by atoms with Gasteiger partial charge in [0.15, 0.2) is 11.5 Å². The van der Waals surface area contributed by atoms with E-state index in [4.69, 9.17) is 9.47 Å². The molecular formula is C31H30BrN3O5. The van der Waals surface area contributed by atoms with E-state index >= 15 is 0 Å². The average molecular weight is 605 g/mol. The SMILES string of the molecule is C=CCc1cc(/C=C2/NC(=O)N(CC(=O)Nc3ccccc3CC)C2=O)cc(OC)c1OCc1ccc(Br)cc1. The van der Waals surface area contributed by atoms with Gasteiger partial charge in [-0.15, -0.1) is 6.58 Å². The largest absolute Gasteiger partial charge is 0.493 e. The third-order valence-corrected chi connectivity index (χ3v) is 6.81. The Hall–Kier alpha value is -4.37. The van der Waals surface area contributed by atoms with Crippen LogP contribution < -0.4 is 20.1 Å². The zero-order valence-electron chi connectivity index (χ0n) is 22.3. The highest BCUT2D eigenvalue weighted by Crippen LogP contribution is 2.35. The highest BCUT2D eigenvalue weighted by Gasteiger charge is 2.35. The molecular weight excluding hydrogens is 574 g/mol. The summed E-state index contributed by atoms with van der Waals surface area (Å²) in [6.45, 7) is 5.75. The maximum atomic E-state index is 13.1. The van der Waals surface area contributed by atoms with Crippen LogP contribution in [0, 0.1) is 0 Å². The molecule has 0 radical (unpaired) electrons. The summed E-state index contributed by atoms with van der Waals surface area (Å²) in [5, 5.41) is 5.36. The molecule has 0 spiro atoms. The van der Waals surface area contributed by atoms with Gasteiger partial charge in [0.05, 0.1) is 7.11 Å². The molecule has 8 nitrogen and oxygen atoms in total. The maximum absolute atomic E-state index is 13.1. The van der Waals surface area contributed by atoms with Crippen LogP contribution in [0.25, 0.3) is 6.08 Å². The van der Waals surface area contributed by atoms with Gasteiger partial charge in [-0.1, -0.05) is 59.3 Å². The van der Waals surface area contributed by atoms with Crippen LogP contribution in [0.15, 0.2) is 83.5 Å². The smallest absolute Gasteiger partial charge is 0.329 e. The van der Waals surface area contributed by atoms with Gasteiger partial charge in [0.25, 0.3) is 5.91 Å². The lowest BCUT2D eigenvalue weighted by Gasteiger charge is -2.16. The van der Waals surface area contributed by atoms with E-state index in [0.29, 0.717) is 35.8 Å². The van der Waals surface area contributed by atoms with Crippen molar-refractivity contribution in [2.75, 3.05) is 19.0 Å². The number of nitrogens with zero attached hydrogens (tertiary/aromatic N) is 1. The topological polar surface area (TPSA) is 97.0 Å². The van der Waals surface area contributed by atoms with Gasteiger partial charge in [0.2, 0.25) is 5.91 Å². The fourth-order valence-electron chi connectivity index (χ4n) is 4.29. The number of hydrogen-bond donors (Lipinski definition) is 2. The van der Waals surface area contributed by atoms with Crippen molar-refractivity contribution in [3.63, 3.8) is 0 Å². The van der Waals surface area contributed by atoms with Crippen LogP contribution in [0.4, 0.5) is 10.5 Å². The number of methoxy groups -OCH3 is 1. The van der Waals surface area contributed by atoms with Gasteiger partial charge >= 0.3 is 6.03 Å². The lowest BCUT2D eigenvalue weighted by Crippen LogP contribution is -2.38. The molecule has 9 heteroatoms. The predicted octanol–water partition coefficient (Wildman–Crippen LogP) is 5.86. The van der Waals surface area contributed by atoms with Crippen LogP contribution in [0.2, 0.25) is 0 Å². The van der Waals surface area contributed by atoms with Crippen molar-refractivity contribution in [2.45, 2.75) is 26.4 Å². The minimum absolute atomic E-state index is 0.0573. The number of anilines is 1. The molecule has 206 valence electrons. The van der Waals surface area contributed by atoms with Crippen LogP contribution in [-0.2, 0) is 29.0 Å². The number of allylic oxidation sites excluding steroid dienone is 1. The predicted molar refractivity (Wildman–Crippen MR) is 158 cm³/mol. The number of imide groups is 1. The summed E-state index contributed by atoms with van der Waals surface area (Å²) in [6.07, 6.45) is 4.53. The van der Waals surface area contributed by atoms with E-state index in [2.05, 4.69) is 33.1 Å². The second-order valence-corrected chi connectivity index (χ2v) is 9.97. The summed E-state index contributed by atoms with van der Waals surface area (Å²) in [7, 11) is 1.54. The molecule has 0 unspecified atom stereocenters. The maximum Gasteiger partial charge on any atom is 0.329 e. The molecule has 0 bridgehead atoms. The van der Waals surface area contributed by atoms with Gasteiger partial charge < -0.3 is 20.1 Å². The summed E-state index contributed by atoms with van der Waals surface area (Å²) in [5.74, 6) is -0.0117. The summed E-state index contributed by atoms with van der Waals surface area (Å²) >= 11 is 3.43. The molecule has 4 rings (SSSR count). The third kappa shape index (κ3) is 6.79. The Balaban J connectivity index is 1.52. The van der Waals surface area contributed by atoms with Gasteiger partial charge in [-0.3, -0.25) is 9.59 Å². The molecule has 3 aromatic carbocycles. The normalized spacial score (nSPS) is 13.8. The number of urea groups is 1. The number of para-hydroxylation sites is 1. The van der Waals surface area contributed by atoms with Crippen molar-refractivity contribution in [3.05, 3.63) is 106 Å². The second-order valence-electron chi connectivity index (χ2n) is 9.06. The molecule has 1 fully saturated rings. The standard InChI is InChI=1S/C31H30BrN3O5/c1-4-8-23-15-21(17-27(39-3)29(23)40-19-20-11-13-24(32)14-12-20)16-26-30(37)35(31(38)34-26)18-28(36)33-25-10-7-6-9-22(25)5-2/h4,6-7,9-17H,1,5,8,18-19H2,2-3H3,(H,33,36)(H,34,38)/b26-16+. The van der Waals surface area contributed by atoms with Crippen LogP contribution in [0.3, 0.4) is 0 Å². The van der Waals surface area contributed by atoms with Crippen molar-refractivity contribution < 1.29 is 23.9 Å². The monoisotopic (exact) mass is 603 g/mol. The summed E-state index contributed by atoms with van der Waals surface area (Å²) in [4.78, 5) is 39.2. The Morgan fingerprint density at radius 2 is 1.85 bits per heavy atom. The summed E-state index contributed by atoms with van der Waals surface area (Å²) < 4.78 is 12.7. The Bertz CT molecular complexity index is 1470. The molecule has 0 aromatic heterocycles. The number of benzene rings is 3. The number of ether oxygens (including phenoxy) is 2. The average Bonchev–Trinajstić information content (AvgIpc) is 3.20. The van der Waals surface area contributed by atoms with Crippen molar-refractivity contribution in [1.82, 2.24) is 10.2 Å². The van der Waals surface area contributed by atoms with Crippen LogP contribution in [0.1, 0.15) is 29.2 Å². The Kier molecular flexibility index (Phi) is 9.39. The zero-order chi connectivity index (χ0) is 28.6. The van der Waals surface area contributed by atoms with Crippen LogP contribution in [0.5, 0.6) is 11.5 Å². The highest BCUT2D eigenvalue weighted by molar-refractivity contribution is 9.10. The Morgan fingerprint density at radius 3 is 2.55 bits per heavy atom. The van der Waals surface area contributed by atoms with Crippen LogP contribution >= 0.6 is 15.9 Å². The molecule has 1 aliphatic rings. The Morgan fingerprint density at radius 1 is 1.10 bits per heavy atom. The fourth-order valence-corrected chi connectivity index (χ4v) is 4.56. The third-order valence-electron chi connectivity index (χ3n) is 6.28. The summed E-state index contributed by atoms with van der Waals surface area (Å²) in [6, 6.07) is 18.1. The summed E-state index contributed by atoms with van der Waals surface area (Å²) in [5.41, 5.74) is 4.09. The van der Waals surface area contributed by atoms with E-state index in [1.165, 1.54) is 7.11 Å². The minimum atomic E-state index is -0.664. The first-order valence-electron chi connectivity index (χ1n) is 12.7. The number of carbonyl (C=O) groups is 3. The molecule has 1 aliphatic heterocycles. The molecule has 1 heterocycles. The van der Waals surface area contributed by atoms with Crippen molar-refractivity contribution in [2.24, 2.45) is 0 Å². The van der Waals surface area contributed by atoms with E-state index in [1.807, 2.05) is 55.5 Å². The molecule has 0 saturated carbocycles. The molecule has 0 atom stereocenters. The van der Waals surface area contributed by atoms with E-state index in [1.54, 1.807) is 24.3 Å². The van der Waals surface area contributed by atoms with E-state index < -0.39 is 24.4 Å². The van der Waals surface area contributed by atoms with Crippen molar-refractivity contribution in [3.8, 4) is 11.5 Å². The lowest BCUT2D eigenvalue weighted by molar-refractivity contribution is -0.127. The quantitative estimate of drug-likeness (QED) is 0.163. The van der Waals surface area contributed by atoms with Gasteiger partial charge in [0, 0.05) is 15.7 Å². The molecule has 1 saturated heterocycles. The van der Waals surface area contributed by atoms with E-state index in [9.17, 15) is 14.4 Å². The van der Waals surface area contributed by atoms with E-state index in [0.717, 1.165) is 32.5 Å². The number of amides is 4. The zero-order valence-corrected chi connectivity index (χ0v) is 23.9. The first-order valence-corrected chi connectivity index (χ1v) is 13.5. The molecule has 2 N–H and O–H groups in total. The lowest BCUT2D eigenvalue weighted by atomic mass is 10.0. The van der Waals surface area contributed by atoms with Crippen molar-refractivity contribution in [1.29, 1.82) is 0 Å². The minimum Gasteiger partial charge on any atom is -0.493 e. The van der Waals surface area contributed by atoms with E-state index in [-0.39, 0.29) is 5.70 Å². The van der Waals surface area contributed by atoms with Gasteiger partial charge in [-0.2, -0.15) is 0 Å². The molecule has 4 amide bonds. The molecule has 40 heavy (non-hydrogen) atoms. The number of carbonyl (C=O) groups excluding carboxylic acids is 3. The number of rotatable bonds is 11. The Labute approximate surface area is 241 Å². The first-order chi connectivity index (χ1) is 19.3. The first kappa shape index (κ1) is 28.6. The van der Waals surface area contributed by atoms with Gasteiger partial charge in [-0.25, -0.2) is 9.69 Å². The number of hydrogen-bond acceptors (Lipinski definition) is 5. The van der Waals surface area contributed by atoms with Gasteiger partial charge in [-0.05, 0) is 65.9 Å². The number of halogens is 1. The second kappa shape index (κ2) is 13.1. The highest BCUT2D eigenvalue weighted by atomic mass is 79.9. The van der Waals surface area contributed by atoms with Gasteiger partial charge in [0.1, 0.15) is 18.8 Å².